The molecule has 0 radical (unpaired) electrons. The van der Waals surface area contributed by atoms with Crippen LogP contribution in [0.25, 0.3) is 11.2 Å². The Morgan fingerprint density at radius 1 is 0.932 bits per heavy atom. The Bertz CT molecular complexity index is 2490. The number of aromatic amines is 1. The lowest BCUT2D eigenvalue weighted by molar-refractivity contribution is -0.282. The van der Waals surface area contributed by atoms with Gasteiger partial charge in [-0.1, -0.05) is 78.9 Å². The fraction of sp³-hybridized carbons (Fsp3) is 0.318. The van der Waals surface area contributed by atoms with Gasteiger partial charge in [0.05, 0.1) is 25.0 Å². The van der Waals surface area contributed by atoms with E-state index in [1.54, 1.807) is 42.8 Å². The smallest absolute Gasteiger partial charge is 0.280 e. The Balaban J connectivity index is 1.19. The SMILES string of the molecule is COC1(O[C@@H]2[C@H](OC3(c4ccccc4)c4ccccc4Oc4ccccc43)[C@@H](CO)O[C@H]2n2cnc3c(=O)[nH]c(/N=C/N(C)C)nc32)CCN(c2ccccc2F)CC1. The third kappa shape index (κ3) is 6.84. The molecule has 4 atom stereocenters. The molecule has 0 saturated carbocycles. The molecule has 3 aliphatic rings. The number of ether oxygens (including phenoxy) is 5. The van der Waals surface area contributed by atoms with Crippen molar-refractivity contribution in [3.63, 3.8) is 0 Å². The van der Waals surface area contributed by atoms with E-state index in [0.29, 0.717) is 43.1 Å². The normalized spacial score (nSPS) is 21.9. The summed E-state index contributed by atoms with van der Waals surface area (Å²) < 4.78 is 51.0. The van der Waals surface area contributed by atoms with E-state index < -0.39 is 48.1 Å². The first kappa shape index (κ1) is 38.5. The van der Waals surface area contributed by atoms with Crippen LogP contribution in [0.4, 0.5) is 16.0 Å². The first-order valence-corrected chi connectivity index (χ1v) is 19.5. The van der Waals surface area contributed by atoms with Crippen LogP contribution >= 0.6 is 0 Å². The van der Waals surface area contributed by atoms with Crippen molar-refractivity contribution in [1.82, 2.24) is 24.4 Å². The van der Waals surface area contributed by atoms with Gasteiger partial charge in [-0.3, -0.25) is 14.3 Å². The number of fused-ring (bicyclic) bond motifs is 3. The number of nitrogens with zero attached hydrogens (tertiary/aromatic N) is 6. The molecule has 2 saturated heterocycles. The number of rotatable bonds is 11. The highest BCUT2D eigenvalue weighted by atomic mass is 19.1. The molecular formula is C44H44FN7O7. The molecule has 6 aromatic rings. The predicted octanol–water partition coefficient (Wildman–Crippen LogP) is 5.88. The molecular weight excluding hydrogens is 758 g/mol. The van der Waals surface area contributed by atoms with Gasteiger partial charge in [0.25, 0.3) is 5.56 Å². The molecule has 0 spiro atoms. The standard InChI is InChI=1S/C44H44FN7O7/c1-50(2)26-47-42-48-39-36(40(54)49-42)46-27-52(39)41-38(58-43(55-3)21-23-51(24-22-43)32-18-10-9-17-31(32)45)37(35(25-53)57-41)59-44(28-13-5-4-6-14-28)29-15-7-11-19-33(29)56-34-20-12-8-16-30(34)44/h4-20,26-27,35,37-38,41,53H,21-25H2,1-3H3,(H,48,49,54)/b47-26+/t35-,37-,38-,41-/m1/s1. The van der Waals surface area contributed by atoms with E-state index in [1.807, 2.05) is 89.8 Å². The molecule has 59 heavy (non-hydrogen) atoms. The first-order valence-electron chi connectivity index (χ1n) is 19.5. The molecule has 9 rings (SSSR count). The molecule has 4 aromatic carbocycles. The number of aliphatic hydroxyl groups is 1. The summed E-state index contributed by atoms with van der Waals surface area (Å²) in [6.07, 6.45) is -0.315. The number of hydrogen-bond donors (Lipinski definition) is 2. The van der Waals surface area contributed by atoms with E-state index in [1.165, 1.54) is 18.7 Å². The van der Waals surface area contributed by atoms with Crippen molar-refractivity contribution >= 4 is 29.1 Å². The number of para-hydroxylation sites is 3. The van der Waals surface area contributed by atoms with Crippen molar-refractivity contribution in [3.05, 3.63) is 142 Å². The van der Waals surface area contributed by atoms with Crippen LogP contribution in [-0.4, -0.2) is 101 Å². The summed E-state index contributed by atoms with van der Waals surface area (Å²) in [6.45, 7) is 0.393. The van der Waals surface area contributed by atoms with Crippen LogP contribution in [0, 0.1) is 5.82 Å². The Morgan fingerprint density at radius 2 is 1.59 bits per heavy atom. The van der Waals surface area contributed by atoms with Gasteiger partial charge in [0, 0.05) is 58.3 Å². The van der Waals surface area contributed by atoms with Crippen molar-refractivity contribution in [1.29, 1.82) is 0 Å². The van der Waals surface area contributed by atoms with Gasteiger partial charge >= 0.3 is 0 Å². The third-order valence-corrected chi connectivity index (χ3v) is 11.3. The molecule has 15 heteroatoms. The van der Waals surface area contributed by atoms with Gasteiger partial charge in [-0.25, -0.2) is 14.4 Å². The minimum Gasteiger partial charge on any atom is -0.457 e. The lowest BCUT2D eigenvalue weighted by atomic mass is 9.77. The maximum absolute atomic E-state index is 15.0. The monoisotopic (exact) mass is 801 g/mol. The number of nitrogens with one attached hydrogen (secondary N) is 1. The minimum atomic E-state index is -1.29. The van der Waals surface area contributed by atoms with E-state index in [0.717, 1.165) is 16.7 Å². The van der Waals surface area contributed by atoms with Gasteiger partial charge < -0.3 is 38.6 Å². The quantitative estimate of drug-likeness (QED) is 0.0920. The van der Waals surface area contributed by atoms with E-state index in [-0.39, 0.29) is 22.9 Å². The number of halogens is 1. The Kier molecular flexibility index (Phi) is 10.2. The Labute approximate surface area is 339 Å². The molecule has 2 N–H and O–H groups in total. The summed E-state index contributed by atoms with van der Waals surface area (Å²) in [6, 6.07) is 32.0. The molecule has 0 bridgehead atoms. The number of hydrogen-bond acceptors (Lipinski definition) is 11. The molecule has 14 nitrogen and oxygen atoms in total. The number of H-pyrrole nitrogens is 1. The molecule has 0 aliphatic carbocycles. The van der Waals surface area contributed by atoms with Crippen molar-refractivity contribution in [3.8, 4) is 11.5 Å². The van der Waals surface area contributed by atoms with Crippen LogP contribution in [0.5, 0.6) is 11.5 Å². The van der Waals surface area contributed by atoms with Crippen LogP contribution in [-0.2, 0) is 24.5 Å². The average molecular weight is 802 g/mol. The highest BCUT2D eigenvalue weighted by molar-refractivity contribution is 5.71. The summed E-state index contributed by atoms with van der Waals surface area (Å²) in [5, 5.41) is 11.2. The van der Waals surface area contributed by atoms with E-state index in [9.17, 15) is 14.3 Å². The number of aromatic nitrogens is 4. The van der Waals surface area contributed by atoms with Crippen molar-refractivity contribution in [2.75, 3.05) is 45.8 Å². The van der Waals surface area contributed by atoms with Crippen LogP contribution in [0.2, 0.25) is 0 Å². The lowest BCUT2D eigenvalue weighted by Crippen LogP contribution is -2.53. The van der Waals surface area contributed by atoms with Crippen LogP contribution in [0.1, 0.15) is 35.8 Å². The zero-order valence-electron chi connectivity index (χ0n) is 32.8. The number of piperidine rings is 1. The zero-order chi connectivity index (χ0) is 40.7. The number of aliphatic imine (C=N–C) groups is 1. The summed E-state index contributed by atoms with van der Waals surface area (Å²) in [5.41, 5.74) is 1.27. The summed E-state index contributed by atoms with van der Waals surface area (Å²) in [4.78, 5) is 33.2. The number of imidazole rings is 1. The fourth-order valence-corrected chi connectivity index (χ4v) is 8.43. The zero-order valence-corrected chi connectivity index (χ0v) is 32.8. The Hall–Kier alpha value is -5.97. The molecule has 3 aliphatic heterocycles. The van der Waals surface area contributed by atoms with Gasteiger partial charge in [0.15, 0.2) is 28.8 Å². The van der Waals surface area contributed by atoms with Gasteiger partial charge in [-0.15, -0.1) is 0 Å². The molecule has 0 amide bonds. The number of anilines is 1. The van der Waals surface area contributed by atoms with Gasteiger partial charge in [-0.2, -0.15) is 4.98 Å². The Morgan fingerprint density at radius 3 is 2.25 bits per heavy atom. The maximum atomic E-state index is 15.0. The van der Waals surface area contributed by atoms with E-state index in [2.05, 4.69) is 19.9 Å². The predicted molar refractivity (Wildman–Crippen MR) is 218 cm³/mol. The average Bonchev–Trinajstić information content (AvgIpc) is 3.84. The van der Waals surface area contributed by atoms with E-state index in [4.69, 9.17) is 23.7 Å². The van der Waals surface area contributed by atoms with Crippen molar-refractivity contribution in [2.24, 2.45) is 4.99 Å². The highest BCUT2D eigenvalue weighted by Crippen LogP contribution is 2.55. The molecule has 5 heterocycles. The minimum absolute atomic E-state index is 0.0623. The second-order valence-electron chi connectivity index (χ2n) is 15.0. The van der Waals surface area contributed by atoms with Crippen LogP contribution in [0.15, 0.2) is 119 Å². The third-order valence-electron chi connectivity index (χ3n) is 11.3. The largest absolute Gasteiger partial charge is 0.457 e. The maximum Gasteiger partial charge on any atom is 0.280 e. The van der Waals surface area contributed by atoms with Gasteiger partial charge in [0.1, 0.15) is 35.6 Å². The van der Waals surface area contributed by atoms with Crippen molar-refractivity contribution in [2.45, 2.75) is 48.8 Å². The summed E-state index contributed by atoms with van der Waals surface area (Å²) in [5.74, 6) is -0.242. The molecule has 0 unspecified atom stereocenters. The highest BCUT2D eigenvalue weighted by Gasteiger charge is 2.57. The molecule has 304 valence electrons. The lowest BCUT2D eigenvalue weighted by Gasteiger charge is -2.46. The van der Waals surface area contributed by atoms with Crippen molar-refractivity contribution < 1.29 is 33.2 Å². The topological polar surface area (TPSA) is 149 Å². The number of benzene rings is 4. The summed E-state index contributed by atoms with van der Waals surface area (Å²) in [7, 11) is 5.19. The van der Waals surface area contributed by atoms with Crippen LogP contribution < -0.4 is 15.2 Å². The van der Waals surface area contributed by atoms with Crippen LogP contribution in [0.3, 0.4) is 0 Å². The summed E-state index contributed by atoms with van der Waals surface area (Å²) >= 11 is 0. The first-order chi connectivity index (χ1) is 28.7. The van der Waals surface area contributed by atoms with Gasteiger partial charge in [0.2, 0.25) is 5.95 Å². The van der Waals surface area contributed by atoms with E-state index >= 15 is 0 Å². The molecule has 2 aromatic heterocycles. The second kappa shape index (κ2) is 15.7. The molecule has 2 fully saturated rings. The number of aliphatic hydroxyl groups excluding tert-OH is 1. The second-order valence-corrected chi connectivity index (χ2v) is 15.0. The van der Waals surface area contributed by atoms with Gasteiger partial charge in [-0.05, 0) is 29.8 Å². The fourth-order valence-electron chi connectivity index (χ4n) is 8.43. The number of methoxy groups -OCH3 is 1.